The van der Waals surface area contributed by atoms with Gasteiger partial charge in [0.2, 0.25) is 0 Å². The Hall–Kier alpha value is 3.54. The van der Waals surface area contributed by atoms with Crippen molar-refractivity contribution < 1.29 is 82.5 Å². The summed E-state index contributed by atoms with van der Waals surface area (Å²) in [6, 6.07) is 0. The van der Waals surface area contributed by atoms with Crippen LogP contribution in [0.4, 0.5) is 0 Å². The van der Waals surface area contributed by atoms with Gasteiger partial charge in [0.1, 0.15) is 0 Å². The van der Waals surface area contributed by atoms with Crippen LogP contribution in [0.1, 0.15) is 0 Å². The summed E-state index contributed by atoms with van der Waals surface area (Å²) in [6.45, 7) is 0. The van der Waals surface area contributed by atoms with Crippen LogP contribution in [0.25, 0.3) is 0 Å². The molecule has 0 amide bonds. The summed E-state index contributed by atoms with van der Waals surface area (Å²) in [4.78, 5) is 103. The molecule has 0 bridgehead atoms. The summed E-state index contributed by atoms with van der Waals surface area (Å²) in [6.07, 6.45) is 0. The summed E-state index contributed by atoms with van der Waals surface area (Å²) < 4.78 is 34.2. The molecule has 33 heteroatoms. The Morgan fingerprint density at radius 3 is 0.400 bits per heavy atom. The van der Waals surface area contributed by atoms with Crippen molar-refractivity contribution >= 4 is 182 Å². The quantitative estimate of drug-likeness (QED) is 0.0607. The summed E-state index contributed by atoms with van der Waals surface area (Å²) in [5, 5.41) is 12.1. The number of nitrogens with one attached hydrogen (secondary N) is 2. The van der Waals surface area contributed by atoms with Crippen molar-refractivity contribution in [2.45, 2.75) is 0 Å². The molecule has 0 saturated heterocycles. The van der Waals surface area contributed by atoms with Crippen LogP contribution >= 0.6 is 31.3 Å². The van der Waals surface area contributed by atoms with Crippen molar-refractivity contribution in [1.29, 1.82) is 10.8 Å². The molecular formula is C2H12Mg6N6O17P4. The Kier molecular flexibility index (Phi) is 106. The summed E-state index contributed by atoms with van der Waals surface area (Å²) in [5.41, 5.74) is 17.9. The van der Waals surface area contributed by atoms with Gasteiger partial charge in [0.25, 0.3) is 0 Å². The van der Waals surface area contributed by atoms with Crippen LogP contribution in [0.15, 0.2) is 0 Å². The molecule has 0 spiro atoms. The first kappa shape index (κ1) is 83.3. The third-order valence-electron chi connectivity index (χ3n) is 0. The van der Waals surface area contributed by atoms with Gasteiger partial charge in [-0.2, -0.15) is 31.3 Å². The Bertz CT molecular complexity index is 473. The molecule has 0 fully saturated rings. The van der Waals surface area contributed by atoms with E-state index in [0.717, 1.165) is 0 Å². The van der Waals surface area contributed by atoms with Gasteiger partial charge in [-0.15, -0.1) is 0 Å². The van der Waals surface area contributed by atoms with E-state index < -0.39 is 31.3 Å². The van der Waals surface area contributed by atoms with E-state index in [4.69, 9.17) is 87.8 Å². The first-order valence-electron chi connectivity index (χ1n) is 4.58. The topological polar surface area (TPSA) is 528 Å². The van der Waals surface area contributed by atoms with Crippen molar-refractivity contribution in [1.82, 2.24) is 0 Å². The van der Waals surface area contributed by atoms with Gasteiger partial charge in [-0.3, -0.25) is 10.8 Å². The van der Waals surface area contributed by atoms with E-state index in [1.54, 1.807) is 0 Å². The third-order valence-corrected chi connectivity index (χ3v) is 0. The zero-order chi connectivity index (χ0) is 25.2. The van der Waals surface area contributed by atoms with E-state index >= 15 is 0 Å². The van der Waals surface area contributed by atoms with Gasteiger partial charge in [-0.25, -0.2) is 0 Å². The number of nitrogens with two attached hydrogens (primary N) is 4. The van der Waals surface area contributed by atoms with Gasteiger partial charge in [-0.05, 0) is 0 Å². The van der Waals surface area contributed by atoms with Crippen LogP contribution in [0, 0.1) is 10.8 Å². The van der Waals surface area contributed by atoms with Crippen LogP contribution in [0.5, 0.6) is 0 Å². The fourth-order valence-electron chi connectivity index (χ4n) is 0. The Morgan fingerprint density at radius 2 is 0.400 bits per heavy atom. The summed E-state index contributed by atoms with van der Waals surface area (Å²) >= 11 is 0. The minimum absolute atomic E-state index is 0. The number of rotatable bonds is 0. The average molecular weight is 662 g/mol. The third kappa shape index (κ3) is 3790. The zero-order valence-electron chi connectivity index (χ0n) is 17.4. The Balaban J connectivity index is -0.0000000145. The monoisotopic (exact) mass is 660 g/mol. The van der Waals surface area contributed by atoms with Crippen LogP contribution in [0.2, 0.25) is 0 Å². The van der Waals surface area contributed by atoms with Crippen LogP contribution in [-0.4, -0.2) is 156 Å². The van der Waals surface area contributed by atoms with Gasteiger partial charge >= 0.3 is 138 Å². The Morgan fingerprint density at radius 1 is 0.400 bits per heavy atom. The van der Waals surface area contributed by atoms with Crippen molar-refractivity contribution in [3.8, 4) is 0 Å². The predicted octanol–water partition coefficient (Wildman–Crippen LogP) is -16.7. The molecule has 0 rings (SSSR count). The molecule has 0 atom stereocenters. The SMILES string of the molecule is N=C(N)N.N=C(N)N.O.O=P([O-])([O-])[O-].O=P([O-])([O-])[O-].O=P([O-])([O-])[O-].O=P([O-])([O-])[O-].[Mg+2].[Mg+2].[Mg+2].[Mg+2].[Mg+2].[Mg+2]. The molecule has 184 valence electrons. The number of phosphoric acid groups is 4. The fraction of sp³-hybridized carbons (Fsp3) is 0. The maximum absolute atomic E-state index is 8.55. The number of guanidine groups is 2. The fourth-order valence-corrected chi connectivity index (χ4v) is 0. The van der Waals surface area contributed by atoms with E-state index in [0.29, 0.717) is 0 Å². The minimum atomic E-state index is -5.39. The van der Waals surface area contributed by atoms with Gasteiger partial charge in [0.15, 0.2) is 11.9 Å². The summed E-state index contributed by atoms with van der Waals surface area (Å²) in [5.74, 6) is -0.667. The molecule has 0 aromatic heterocycles. The van der Waals surface area contributed by atoms with Gasteiger partial charge in [0.05, 0.1) is 0 Å². The molecule has 0 aliphatic carbocycles. The summed E-state index contributed by atoms with van der Waals surface area (Å²) in [7, 11) is -21.6. The molecule has 12 N–H and O–H groups in total. The Labute approximate surface area is 294 Å². The second kappa shape index (κ2) is 44.6. The predicted molar refractivity (Wildman–Crippen MR) is 101 cm³/mol. The largest absolute Gasteiger partial charge is 2.00 e. The number of hydrogen-bond donors (Lipinski definition) is 6. The molecular weight excluding hydrogens is 650 g/mol. The van der Waals surface area contributed by atoms with Gasteiger partial charge < -0.3 is 105 Å². The first-order chi connectivity index (χ1) is 11.5. The van der Waals surface area contributed by atoms with E-state index in [1.807, 2.05) is 0 Å². The van der Waals surface area contributed by atoms with Crippen LogP contribution < -0.4 is 81.7 Å². The van der Waals surface area contributed by atoms with E-state index in [-0.39, 0.29) is 156 Å². The van der Waals surface area contributed by atoms with Crippen LogP contribution in [0.3, 0.4) is 0 Å². The number of hydrogen-bond acceptors (Lipinski definition) is 18. The first-order valence-corrected chi connectivity index (χ1v) is 10.4. The van der Waals surface area contributed by atoms with Crippen molar-refractivity contribution in [3.05, 3.63) is 0 Å². The maximum atomic E-state index is 8.55. The molecule has 0 aliphatic rings. The van der Waals surface area contributed by atoms with E-state index in [9.17, 15) is 0 Å². The zero-order valence-corrected chi connectivity index (χ0v) is 29.4. The molecule has 0 saturated carbocycles. The molecule has 0 aliphatic heterocycles. The molecule has 0 aromatic rings. The molecule has 23 nitrogen and oxygen atoms in total. The molecule has 35 heavy (non-hydrogen) atoms. The van der Waals surface area contributed by atoms with Crippen LogP contribution in [-0.2, 0) is 18.3 Å². The van der Waals surface area contributed by atoms with E-state index in [1.165, 1.54) is 0 Å². The molecule has 0 heterocycles. The second-order valence-electron chi connectivity index (χ2n) is 2.70. The molecule has 0 unspecified atom stereocenters. The van der Waals surface area contributed by atoms with Crippen molar-refractivity contribution in [3.63, 3.8) is 0 Å². The van der Waals surface area contributed by atoms with E-state index in [2.05, 4.69) is 22.9 Å². The minimum Gasteiger partial charge on any atom is -0.822 e. The average Bonchev–Trinajstić information content (AvgIpc) is 1.99. The smallest absolute Gasteiger partial charge is 0.822 e. The standard InChI is InChI=1S/2CH5N3.6Mg.4H3O4P.H2O/c2*2-1(3)4;;;;;;;4*1-5(2,3)4;/h2*(H5,2,3,4);;;;;;;4*(H3,1,2,3,4);1H2/q;;6*+2;;;;;/p-12. The van der Waals surface area contributed by atoms with Crippen molar-refractivity contribution in [2.75, 3.05) is 0 Å². The normalized spacial score (nSPS) is 8.11. The van der Waals surface area contributed by atoms with Crippen molar-refractivity contribution in [2.24, 2.45) is 22.9 Å². The second-order valence-corrected chi connectivity index (χ2v) is 6.28. The van der Waals surface area contributed by atoms with Gasteiger partial charge in [0, 0.05) is 0 Å². The maximum Gasteiger partial charge on any atom is 2.00 e. The van der Waals surface area contributed by atoms with Gasteiger partial charge in [-0.1, -0.05) is 0 Å². The molecule has 0 aromatic carbocycles. The molecule has 0 radical (unpaired) electrons.